The molecule has 0 fully saturated rings. The highest BCUT2D eigenvalue weighted by Gasteiger charge is 2.35. The zero-order chi connectivity index (χ0) is 14.3. The lowest BCUT2D eigenvalue weighted by Crippen LogP contribution is -2.22. The average molecular weight is 296 g/mol. The second-order valence-corrected chi connectivity index (χ2v) is 5.12. The second-order valence-electron chi connectivity index (χ2n) is 4.06. The van der Waals surface area contributed by atoms with Gasteiger partial charge in [-0.1, -0.05) is 6.92 Å². The number of hydrogen-bond donors (Lipinski definition) is 1. The average Bonchev–Trinajstić information content (AvgIpc) is 2.83. The molecule has 0 bridgehead atoms. The van der Waals surface area contributed by atoms with Crippen LogP contribution in [0.15, 0.2) is 6.20 Å². The highest BCUT2D eigenvalue weighted by molar-refractivity contribution is 7.11. The van der Waals surface area contributed by atoms with Gasteiger partial charge in [0.1, 0.15) is 0 Å². The normalized spacial score (nSPS) is 13.7. The molecule has 0 aromatic carbocycles. The summed E-state index contributed by atoms with van der Waals surface area (Å²) < 4.78 is 42.8. The van der Waals surface area contributed by atoms with Crippen LogP contribution in [0.1, 0.15) is 42.6 Å². The Balaban J connectivity index is 2.70. The summed E-state index contributed by atoms with van der Waals surface area (Å²) >= 11 is 0.702. The molecule has 1 aromatic rings. The number of nitrogens with one attached hydrogen (secondary N) is 1. The third-order valence-corrected chi connectivity index (χ3v) is 3.66. The predicted octanol–water partition coefficient (Wildman–Crippen LogP) is 3.63. The minimum atomic E-state index is -4.36. The summed E-state index contributed by atoms with van der Waals surface area (Å²) in [5.41, 5.74) is 0. The van der Waals surface area contributed by atoms with E-state index in [1.165, 1.54) is 6.20 Å². The number of halogens is 3. The summed E-state index contributed by atoms with van der Waals surface area (Å²) in [6, 6.07) is -0.125. The second kappa shape index (κ2) is 7.81. The molecule has 0 amide bonds. The van der Waals surface area contributed by atoms with E-state index in [4.69, 9.17) is 4.74 Å². The van der Waals surface area contributed by atoms with E-state index in [0.717, 1.165) is 13.0 Å². The van der Waals surface area contributed by atoms with Gasteiger partial charge in [-0.25, -0.2) is 4.98 Å². The third-order valence-electron chi connectivity index (χ3n) is 2.51. The standard InChI is InChI=1S/C12H19F3N2OS/c1-3-6-16-9(5-7-18-4-2)10-8-17-11(19-10)12(13,14)15/h8-9,16H,3-7H2,1-2H3. The summed E-state index contributed by atoms with van der Waals surface area (Å²) in [7, 11) is 0. The summed E-state index contributed by atoms with van der Waals surface area (Å²) in [5.74, 6) is 0. The van der Waals surface area contributed by atoms with Crippen LogP contribution in [0.4, 0.5) is 13.2 Å². The molecule has 1 rings (SSSR count). The van der Waals surface area contributed by atoms with Crippen molar-refractivity contribution in [3.63, 3.8) is 0 Å². The van der Waals surface area contributed by atoms with Crippen LogP contribution >= 0.6 is 11.3 Å². The van der Waals surface area contributed by atoms with Gasteiger partial charge in [0, 0.05) is 30.3 Å². The fraction of sp³-hybridized carbons (Fsp3) is 0.750. The van der Waals surface area contributed by atoms with Crippen molar-refractivity contribution < 1.29 is 17.9 Å². The fourth-order valence-electron chi connectivity index (χ4n) is 1.59. The minimum Gasteiger partial charge on any atom is -0.382 e. The number of nitrogens with zero attached hydrogens (tertiary/aromatic N) is 1. The van der Waals surface area contributed by atoms with Gasteiger partial charge in [0.05, 0.1) is 0 Å². The lowest BCUT2D eigenvalue weighted by molar-refractivity contribution is -0.137. The number of hydrogen-bond acceptors (Lipinski definition) is 4. The number of ether oxygens (including phenoxy) is 1. The van der Waals surface area contributed by atoms with E-state index >= 15 is 0 Å². The molecular formula is C12H19F3N2OS. The van der Waals surface area contributed by atoms with Crippen LogP contribution in [0.2, 0.25) is 0 Å². The van der Waals surface area contributed by atoms with E-state index < -0.39 is 11.2 Å². The van der Waals surface area contributed by atoms with E-state index in [1.807, 2.05) is 13.8 Å². The zero-order valence-corrected chi connectivity index (χ0v) is 11.9. The van der Waals surface area contributed by atoms with Crippen LogP contribution in [-0.4, -0.2) is 24.7 Å². The maximum absolute atomic E-state index is 12.5. The van der Waals surface area contributed by atoms with Gasteiger partial charge >= 0.3 is 6.18 Å². The third kappa shape index (κ3) is 5.46. The quantitative estimate of drug-likeness (QED) is 0.744. The van der Waals surface area contributed by atoms with Crippen molar-refractivity contribution in [1.82, 2.24) is 10.3 Å². The highest BCUT2D eigenvalue weighted by atomic mass is 32.1. The van der Waals surface area contributed by atoms with E-state index in [0.29, 0.717) is 35.8 Å². The molecule has 1 heterocycles. The maximum Gasteiger partial charge on any atom is 0.443 e. The molecule has 3 nitrogen and oxygen atoms in total. The first-order chi connectivity index (χ1) is 8.99. The van der Waals surface area contributed by atoms with Crippen LogP contribution in [0.5, 0.6) is 0 Å². The molecule has 1 aromatic heterocycles. The van der Waals surface area contributed by atoms with Crippen molar-refractivity contribution in [2.75, 3.05) is 19.8 Å². The molecule has 0 aliphatic carbocycles. The number of rotatable bonds is 8. The van der Waals surface area contributed by atoms with Crippen molar-refractivity contribution >= 4 is 11.3 Å². The Morgan fingerprint density at radius 1 is 1.42 bits per heavy atom. The van der Waals surface area contributed by atoms with Crippen molar-refractivity contribution in [3.8, 4) is 0 Å². The largest absolute Gasteiger partial charge is 0.443 e. The molecule has 0 radical (unpaired) electrons. The van der Waals surface area contributed by atoms with Crippen molar-refractivity contribution in [3.05, 3.63) is 16.1 Å². The first-order valence-electron chi connectivity index (χ1n) is 6.33. The molecule has 1 N–H and O–H groups in total. The smallest absolute Gasteiger partial charge is 0.382 e. The Morgan fingerprint density at radius 3 is 2.68 bits per heavy atom. The Hall–Kier alpha value is -0.660. The first-order valence-corrected chi connectivity index (χ1v) is 7.14. The van der Waals surface area contributed by atoms with E-state index in [1.54, 1.807) is 0 Å². The van der Waals surface area contributed by atoms with Crippen LogP contribution in [0, 0.1) is 0 Å². The van der Waals surface area contributed by atoms with E-state index in [9.17, 15) is 13.2 Å². The lowest BCUT2D eigenvalue weighted by atomic mass is 10.2. The zero-order valence-electron chi connectivity index (χ0n) is 11.1. The molecule has 0 spiro atoms. The fourth-order valence-corrected chi connectivity index (χ4v) is 2.48. The van der Waals surface area contributed by atoms with Crippen LogP contribution < -0.4 is 5.32 Å². The molecule has 1 unspecified atom stereocenters. The summed E-state index contributed by atoms with van der Waals surface area (Å²) in [6.07, 6.45) is -1.48. The summed E-state index contributed by atoms with van der Waals surface area (Å²) in [5, 5.41) is 2.44. The van der Waals surface area contributed by atoms with Crippen molar-refractivity contribution in [1.29, 1.82) is 0 Å². The molecule has 0 aliphatic rings. The van der Waals surface area contributed by atoms with Gasteiger partial charge in [-0.05, 0) is 26.3 Å². The lowest BCUT2D eigenvalue weighted by Gasteiger charge is -2.16. The number of thiazole rings is 1. The van der Waals surface area contributed by atoms with E-state index in [2.05, 4.69) is 10.3 Å². The van der Waals surface area contributed by atoms with Crippen molar-refractivity contribution in [2.45, 2.75) is 38.9 Å². The van der Waals surface area contributed by atoms with Gasteiger partial charge in [-0.2, -0.15) is 13.2 Å². The molecule has 0 aliphatic heterocycles. The number of alkyl halides is 3. The molecule has 0 saturated heterocycles. The Kier molecular flexibility index (Phi) is 6.74. The van der Waals surface area contributed by atoms with Gasteiger partial charge in [0.2, 0.25) is 0 Å². The Morgan fingerprint density at radius 2 is 2.16 bits per heavy atom. The Labute approximate surface area is 115 Å². The SMILES string of the molecule is CCCNC(CCOCC)c1cnc(C(F)(F)F)s1. The summed E-state index contributed by atoms with van der Waals surface area (Å²) in [6.45, 7) is 5.80. The molecule has 110 valence electrons. The van der Waals surface area contributed by atoms with Crippen molar-refractivity contribution in [2.24, 2.45) is 0 Å². The molecular weight excluding hydrogens is 277 g/mol. The van der Waals surface area contributed by atoms with Crippen LogP contribution in [-0.2, 0) is 10.9 Å². The van der Waals surface area contributed by atoms with Gasteiger partial charge in [0.25, 0.3) is 0 Å². The van der Waals surface area contributed by atoms with Gasteiger partial charge in [0.15, 0.2) is 5.01 Å². The minimum absolute atomic E-state index is 0.125. The van der Waals surface area contributed by atoms with E-state index in [-0.39, 0.29) is 6.04 Å². The van der Waals surface area contributed by atoms with Gasteiger partial charge in [-0.3, -0.25) is 0 Å². The van der Waals surface area contributed by atoms with Gasteiger partial charge in [-0.15, -0.1) is 11.3 Å². The summed E-state index contributed by atoms with van der Waals surface area (Å²) in [4.78, 5) is 4.07. The predicted molar refractivity (Wildman–Crippen MR) is 69.3 cm³/mol. The monoisotopic (exact) mass is 296 g/mol. The topological polar surface area (TPSA) is 34.1 Å². The first kappa shape index (κ1) is 16.4. The Bertz CT molecular complexity index is 368. The van der Waals surface area contributed by atoms with Gasteiger partial charge < -0.3 is 10.1 Å². The maximum atomic E-state index is 12.5. The van der Waals surface area contributed by atoms with Crippen LogP contribution in [0.3, 0.4) is 0 Å². The molecule has 19 heavy (non-hydrogen) atoms. The number of aromatic nitrogens is 1. The molecule has 7 heteroatoms. The molecule has 1 atom stereocenters. The van der Waals surface area contributed by atoms with Crippen LogP contribution in [0.25, 0.3) is 0 Å². The molecule has 0 saturated carbocycles. The highest BCUT2D eigenvalue weighted by Crippen LogP contribution is 2.34.